The topological polar surface area (TPSA) is 74.0 Å². The Labute approximate surface area is 137 Å². The van der Waals surface area contributed by atoms with Gasteiger partial charge in [-0.25, -0.2) is 4.98 Å². The fourth-order valence-electron chi connectivity index (χ4n) is 2.22. The first-order chi connectivity index (χ1) is 11.2. The van der Waals surface area contributed by atoms with Gasteiger partial charge in [-0.3, -0.25) is 4.79 Å². The smallest absolute Gasteiger partial charge is 0.307 e. The molecule has 3 rings (SSSR count). The lowest BCUT2D eigenvalue weighted by Gasteiger charge is -2.01. The Morgan fingerprint density at radius 3 is 2.61 bits per heavy atom. The van der Waals surface area contributed by atoms with Crippen LogP contribution in [0.15, 0.2) is 48.5 Å². The van der Waals surface area contributed by atoms with Gasteiger partial charge in [0.2, 0.25) is 0 Å². The highest BCUT2D eigenvalue weighted by atomic mass is 32.1. The number of benzene rings is 2. The predicted octanol–water partition coefficient (Wildman–Crippen LogP) is 4.18. The maximum absolute atomic E-state index is 11.2. The minimum atomic E-state index is -0.899. The lowest BCUT2D eigenvalue weighted by Crippen LogP contribution is -1.97. The number of para-hydroxylation sites is 1. The SMILES string of the molecule is N#Cc1ccc(/C=C(\CC(=O)O)c2nc3ccccc3s2)cc1. The van der Waals surface area contributed by atoms with Gasteiger partial charge in [0, 0.05) is 0 Å². The number of thiazole rings is 1. The average Bonchev–Trinajstić information content (AvgIpc) is 2.98. The van der Waals surface area contributed by atoms with Crippen molar-refractivity contribution < 1.29 is 9.90 Å². The van der Waals surface area contributed by atoms with Crippen LogP contribution in [0.1, 0.15) is 22.6 Å². The Balaban J connectivity index is 2.04. The molecule has 0 saturated carbocycles. The molecule has 0 saturated heterocycles. The third-order valence-corrected chi connectivity index (χ3v) is 4.40. The number of nitrogens with zero attached hydrogens (tertiary/aromatic N) is 2. The minimum absolute atomic E-state index is 0.0974. The van der Waals surface area contributed by atoms with E-state index in [4.69, 9.17) is 5.26 Å². The first kappa shape index (κ1) is 14.9. The fraction of sp³-hybridized carbons (Fsp3) is 0.0556. The number of aromatic nitrogens is 1. The number of rotatable bonds is 4. The van der Waals surface area contributed by atoms with Crippen LogP contribution in [0.2, 0.25) is 0 Å². The molecule has 4 nitrogen and oxygen atoms in total. The van der Waals surface area contributed by atoms with Gasteiger partial charge in [0.05, 0.1) is 28.3 Å². The lowest BCUT2D eigenvalue weighted by atomic mass is 10.1. The van der Waals surface area contributed by atoms with Crippen molar-refractivity contribution in [2.75, 3.05) is 0 Å². The van der Waals surface area contributed by atoms with E-state index in [0.717, 1.165) is 15.8 Å². The second kappa shape index (κ2) is 6.42. The van der Waals surface area contributed by atoms with Gasteiger partial charge in [0.15, 0.2) is 0 Å². The van der Waals surface area contributed by atoms with E-state index in [0.29, 0.717) is 16.1 Å². The maximum Gasteiger partial charge on any atom is 0.307 e. The molecule has 1 heterocycles. The fourth-order valence-corrected chi connectivity index (χ4v) is 3.20. The van der Waals surface area contributed by atoms with Crippen molar-refractivity contribution in [2.45, 2.75) is 6.42 Å². The molecular weight excluding hydrogens is 308 g/mol. The molecule has 0 aliphatic heterocycles. The summed E-state index contributed by atoms with van der Waals surface area (Å²) in [5.74, 6) is -0.899. The molecule has 0 aliphatic carbocycles. The molecule has 0 spiro atoms. The second-order valence-corrected chi connectivity index (χ2v) is 5.99. The maximum atomic E-state index is 11.2. The molecule has 0 bridgehead atoms. The molecule has 112 valence electrons. The Bertz CT molecular complexity index is 901. The van der Waals surface area contributed by atoms with Crippen LogP contribution in [-0.4, -0.2) is 16.1 Å². The van der Waals surface area contributed by atoms with Crippen molar-refractivity contribution in [3.63, 3.8) is 0 Å². The number of carbonyl (C=O) groups is 1. The summed E-state index contributed by atoms with van der Waals surface area (Å²) in [5, 5.41) is 18.7. The molecule has 0 atom stereocenters. The molecule has 0 radical (unpaired) electrons. The lowest BCUT2D eigenvalue weighted by molar-refractivity contribution is -0.135. The summed E-state index contributed by atoms with van der Waals surface area (Å²) in [5.41, 5.74) is 2.94. The van der Waals surface area contributed by atoms with Crippen LogP contribution < -0.4 is 0 Å². The molecule has 0 fully saturated rings. The van der Waals surface area contributed by atoms with Gasteiger partial charge in [-0.2, -0.15) is 5.26 Å². The van der Waals surface area contributed by atoms with Crippen LogP contribution in [0.5, 0.6) is 0 Å². The Morgan fingerprint density at radius 2 is 1.96 bits per heavy atom. The normalized spacial score (nSPS) is 11.3. The molecule has 1 aromatic heterocycles. The minimum Gasteiger partial charge on any atom is -0.481 e. The third-order valence-electron chi connectivity index (χ3n) is 3.29. The number of hydrogen-bond donors (Lipinski definition) is 1. The first-order valence-corrected chi connectivity index (χ1v) is 7.76. The number of carboxylic acid groups (broad SMARTS) is 1. The summed E-state index contributed by atoms with van der Waals surface area (Å²) in [4.78, 5) is 15.7. The number of fused-ring (bicyclic) bond motifs is 1. The van der Waals surface area contributed by atoms with Gasteiger partial charge in [0.1, 0.15) is 5.01 Å². The van der Waals surface area contributed by atoms with Crippen molar-refractivity contribution in [3.05, 3.63) is 64.7 Å². The molecular formula is C18H12N2O2S. The standard InChI is InChI=1S/C18H12N2O2S/c19-11-13-7-5-12(6-8-13)9-14(10-17(21)22)18-20-15-3-1-2-4-16(15)23-18/h1-9H,10H2,(H,21,22)/b14-9+. The highest BCUT2D eigenvalue weighted by Crippen LogP contribution is 2.30. The van der Waals surface area contributed by atoms with E-state index < -0.39 is 5.97 Å². The Kier molecular flexibility index (Phi) is 4.18. The predicted molar refractivity (Wildman–Crippen MR) is 90.9 cm³/mol. The van der Waals surface area contributed by atoms with Crippen LogP contribution >= 0.6 is 11.3 Å². The van der Waals surface area contributed by atoms with E-state index in [1.54, 1.807) is 24.3 Å². The van der Waals surface area contributed by atoms with Crippen molar-refractivity contribution in [3.8, 4) is 6.07 Å². The van der Waals surface area contributed by atoms with Gasteiger partial charge in [-0.05, 0) is 41.5 Å². The zero-order valence-corrected chi connectivity index (χ0v) is 12.9. The molecule has 5 heteroatoms. The van der Waals surface area contributed by atoms with Crippen LogP contribution in [0.3, 0.4) is 0 Å². The van der Waals surface area contributed by atoms with Crippen LogP contribution in [0.25, 0.3) is 21.9 Å². The van der Waals surface area contributed by atoms with Crippen LogP contribution in [0.4, 0.5) is 0 Å². The van der Waals surface area contributed by atoms with Crippen LogP contribution in [-0.2, 0) is 4.79 Å². The molecule has 0 unspecified atom stereocenters. The summed E-state index contributed by atoms with van der Waals surface area (Å²) in [7, 11) is 0. The molecule has 2 aromatic carbocycles. The third kappa shape index (κ3) is 3.44. The average molecular weight is 320 g/mol. The molecule has 0 amide bonds. The monoisotopic (exact) mass is 320 g/mol. The van der Waals surface area contributed by atoms with Gasteiger partial charge in [-0.1, -0.05) is 24.3 Å². The second-order valence-electron chi connectivity index (χ2n) is 4.96. The molecule has 3 aromatic rings. The zero-order valence-electron chi connectivity index (χ0n) is 12.1. The van der Waals surface area contributed by atoms with Crippen molar-refractivity contribution in [1.29, 1.82) is 5.26 Å². The van der Waals surface area contributed by atoms with Gasteiger partial charge >= 0.3 is 5.97 Å². The van der Waals surface area contributed by atoms with E-state index in [2.05, 4.69) is 11.1 Å². The summed E-state index contributed by atoms with van der Waals surface area (Å²) in [6.45, 7) is 0. The highest BCUT2D eigenvalue weighted by Gasteiger charge is 2.12. The summed E-state index contributed by atoms with van der Waals surface area (Å²) < 4.78 is 1.03. The summed E-state index contributed by atoms with van der Waals surface area (Å²) >= 11 is 1.48. The molecule has 0 aliphatic rings. The Morgan fingerprint density at radius 1 is 1.22 bits per heavy atom. The van der Waals surface area contributed by atoms with E-state index >= 15 is 0 Å². The number of hydrogen-bond acceptors (Lipinski definition) is 4. The van der Waals surface area contributed by atoms with Gasteiger partial charge in [0.25, 0.3) is 0 Å². The number of carboxylic acids is 1. The zero-order chi connectivity index (χ0) is 16.2. The number of nitriles is 1. The quantitative estimate of drug-likeness (QED) is 0.782. The van der Waals surface area contributed by atoms with Gasteiger partial charge < -0.3 is 5.11 Å². The van der Waals surface area contributed by atoms with Crippen LogP contribution in [0, 0.1) is 11.3 Å². The largest absolute Gasteiger partial charge is 0.481 e. The summed E-state index contributed by atoms with van der Waals surface area (Å²) in [6.07, 6.45) is 1.72. The van der Waals surface area contributed by atoms with E-state index in [1.807, 2.05) is 30.3 Å². The number of aliphatic carboxylic acids is 1. The van der Waals surface area contributed by atoms with Gasteiger partial charge in [-0.15, -0.1) is 11.3 Å². The summed E-state index contributed by atoms with van der Waals surface area (Å²) in [6, 6.07) is 16.8. The van der Waals surface area contributed by atoms with Crippen molar-refractivity contribution >= 4 is 39.2 Å². The van der Waals surface area contributed by atoms with E-state index in [9.17, 15) is 9.90 Å². The Hall–Kier alpha value is -2.97. The van der Waals surface area contributed by atoms with E-state index in [-0.39, 0.29) is 6.42 Å². The van der Waals surface area contributed by atoms with E-state index in [1.165, 1.54) is 11.3 Å². The first-order valence-electron chi connectivity index (χ1n) is 6.94. The van der Waals surface area contributed by atoms with Crippen molar-refractivity contribution in [1.82, 2.24) is 4.98 Å². The molecule has 1 N–H and O–H groups in total. The highest BCUT2D eigenvalue weighted by molar-refractivity contribution is 7.19. The van der Waals surface area contributed by atoms with Crippen molar-refractivity contribution in [2.24, 2.45) is 0 Å². The molecule has 23 heavy (non-hydrogen) atoms.